The maximum atomic E-state index is 10.2. The highest BCUT2D eigenvalue weighted by molar-refractivity contribution is 5.53. The Hall–Kier alpha value is -0.530. The van der Waals surface area contributed by atoms with E-state index < -0.39 is 11.6 Å². The summed E-state index contributed by atoms with van der Waals surface area (Å²) in [6.45, 7) is 9.75. The molecule has 0 aromatic rings. The first-order valence-electron chi connectivity index (χ1n) is 6.90. The van der Waals surface area contributed by atoms with Crippen LogP contribution in [0.2, 0.25) is 0 Å². The third-order valence-corrected chi connectivity index (χ3v) is 3.07. The summed E-state index contributed by atoms with van der Waals surface area (Å²) < 4.78 is 21.0. The number of aliphatic hydroxyl groups is 1. The zero-order valence-corrected chi connectivity index (χ0v) is 12.8. The van der Waals surface area contributed by atoms with Gasteiger partial charge >= 0.3 is 0 Å². The van der Waals surface area contributed by atoms with Crippen LogP contribution < -0.4 is 0 Å². The lowest BCUT2D eigenvalue weighted by molar-refractivity contribution is -0.265. The van der Waals surface area contributed by atoms with E-state index in [1.54, 1.807) is 0 Å². The summed E-state index contributed by atoms with van der Waals surface area (Å²) in [6.07, 6.45) is 0.870. The molecule has 0 saturated carbocycles. The van der Waals surface area contributed by atoms with Crippen molar-refractivity contribution < 1.29 is 28.8 Å². The van der Waals surface area contributed by atoms with Crippen molar-refractivity contribution in [2.24, 2.45) is 11.8 Å². The predicted octanol–water partition coefficient (Wildman–Crippen LogP) is 0.962. The van der Waals surface area contributed by atoms with Gasteiger partial charge in [-0.25, -0.2) is 0 Å². The molecular formula is C14H26O6. The summed E-state index contributed by atoms with van der Waals surface area (Å²) in [5.74, 6) is -0.869. The van der Waals surface area contributed by atoms with Gasteiger partial charge in [0, 0.05) is 5.92 Å². The Balaban J connectivity index is 0.000000200. The van der Waals surface area contributed by atoms with Crippen molar-refractivity contribution in [3.8, 4) is 0 Å². The molecule has 0 aromatic heterocycles. The number of aliphatic hydroxyl groups excluding tert-OH is 1. The van der Waals surface area contributed by atoms with Gasteiger partial charge in [-0.3, -0.25) is 0 Å². The Morgan fingerprint density at radius 1 is 0.950 bits per heavy atom. The summed E-state index contributed by atoms with van der Waals surface area (Å²) >= 11 is 0. The van der Waals surface area contributed by atoms with Crippen molar-refractivity contribution in [3.05, 3.63) is 0 Å². The van der Waals surface area contributed by atoms with E-state index >= 15 is 0 Å². The molecule has 6 nitrogen and oxygen atoms in total. The molecule has 2 saturated heterocycles. The lowest BCUT2D eigenvalue weighted by Crippen LogP contribution is -2.40. The van der Waals surface area contributed by atoms with E-state index in [-0.39, 0.29) is 18.4 Å². The van der Waals surface area contributed by atoms with Crippen LogP contribution in [0.3, 0.4) is 0 Å². The zero-order valence-electron chi connectivity index (χ0n) is 12.8. The topological polar surface area (TPSA) is 74.2 Å². The summed E-state index contributed by atoms with van der Waals surface area (Å²) in [4.78, 5) is 10.2. The van der Waals surface area contributed by atoms with E-state index in [2.05, 4.69) is 0 Å². The largest absolute Gasteiger partial charge is 0.396 e. The molecule has 2 aliphatic rings. The van der Waals surface area contributed by atoms with Gasteiger partial charge in [0.05, 0.1) is 39.0 Å². The Morgan fingerprint density at radius 3 is 1.70 bits per heavy atom. The highest BCUT2D eigenvalue weighted by atomic mass is 16.7. The number of aldehydes is 1. The van der Waals surface area contributed by atoms with Gasteiger partial charge in [0.25, 0.3) is 0 Å². The van der Waals surface area contributed by atoms with Crippen molar-refractivity contribution in [3.63, 3.8) is 0 Å². The molecule has 0 amide bonds. The molecule has 2 heterocycles. The van der Waals surface area contributed by atoms with Crippen LogP contribution in [0.5, 0.6) is 0 Å². The lowest BCUT2D eigenvalue weighted by Gasteiger charge is -2.34. The average Bonchev–Trinajstić information content (AvgIpc) is 2.40. The molecule has 0 aromatic carbocycles. The van der Waals surface area contributed by atoms with Crippen LogP contribution >= 0.6 is 0 Å². The Morgan fingerprint density at radius 2 is 1.35 bits per heavy atom. The molecule has 118 valence electrons. The van der Waals surface area contributed by atoms with Crippen LogP contribution in [0.1, 0.15) is 27.7 Å². The zero-order chi connectivity index (χ0) is 15.2. The molecule has 0 spiro atoms. The molecule has 20 heavy (non-hydrogen) atoms. The van der Waals surface area contributed by atoms with E-state index in [0.29, 0.717) is 26.4 Å². The van der Waals surface area contributed by atoms with Gasteiger partial charge in [0.15, 0.2) is 11.6 Å². The second-order valence-corrected chi connectivity index (χ2v) is 5.99. The van der Waals surface area contributed by atoms with Crippen molar-refractivity contribution in [2.75, 3.05) is 33.0 Å². The van der Waals surface area contributed by atoms with Crippen LogP contribution in [0.4, 0.5) is 0 Å². The predicted molar refractivity (Wildman–Crippen MR) is 72.1 cm³/mol. The molecule has 0 aliphatic carbocycles. The van der Waals surface area contributed by atoms with Gasteiger partial charge in [0.2, 0.25) is 0 Å². The first kappa shape index (κ1) is 17.5. The number of hydrogen-bond donors (Lipinski definition) is 1. The van der Waals surface area contributed by atoms with E-state index in [0.717, 1.165) is 6.29 Å². The van der Waals surface area contributed by atoms with E-state index in [1.165, 1.54) is 0 Å². The summed E-state index contributed by atoms with van der Waals surface area (Å²) in [5, 5.41) is 8.70. The minimum absolute atomic E-state index is 0.0759. The maximum absolute atomic E-state index is 10.2. The lowest BCUT2D eigenvalue weighted by atomic mass is 10.1. The molecule has 0 radical (unpaired) electrons. The number of carbonyl (C=O) groups excluding carboxylic acids is 1. The molecule has 0 atom stereocenters. The van der Waals surface area contributed by atoms with Crippen molar-refractivity contribution in [1.29, 1.82) is 0 Å². The van der Waals surface area contributed by atoms with Crippen LogP contribution in [0.15, 0.2) is 0 Å². The van der Waals surface area contributed by atoms with Gasteiger partial charge in [-0.1, -0.05) is 0 Å². The molecule has 2 aliphatic heterocycles. The minimum Gasteiger partial charge on any atom is -0.396 e. The molecule has 1 N–H and O–H groups in total. The SMILES string of the molecule is CC1(C)OCC(C=O)CO1.CC1(C)OCC(CO)CO1. The molecular weight excluding hydrogens is 264 g/mol. The van der Waals surface area contributed by atoms with Gasteiger partial charge in [-0.2, -0.15) is 0 Å². The Kier molecular flexibility index (Phi) is 6.54. The monoisotopic (exact) mass is 290 g/mol. The van der Waals surface area contributed by atoms with Gasteiger partial charge < -0.3 is 28.8 Å². The molecule has 2 fully saturated rings. The number of carbonyl (C=O) groups is 1. The van der Waals surface area contributed by atoms with Gasteiger partial charge in [-0.15, -0.1) is 0 Å². The minimum atomic E-state index is -0.500. The summed E-state index contributed by atoms with van der Waals surface area (Å²) in [6, 6.07) is 0. The molecule has 0 bridgehead atoms. The normalized spacial score (nSPS) is 26.4. The average molecular weight is 290 g/mol. The number of ether oxygens (including phenoxy) is 4. The standard InChI is InChI=1S/C7H14O3.C7H12O3/c2*1-7(2)9-4-6(3-8)5-10-7/h6,8H,3-5H2,1-2H3;3,6H,4-5H2,1-2H3. The third-order valence-electron chi connectivity index (χ3n) is 3.07. The van der Waals surface area contributed by atoms with Crippen molar-refractivity contribution in [1.82, 2.24) is 0 Å². The van der Waals surface area contributed by atoms with Crippen molar-refractivity contribution >= 4 is 6.29 Å². The first-order valence-corrected chi connectivity index (χ1v) is 6.90. The number of hydrogen-bond acceptors (Lipinski definition) is 6. The first-order chi connectivity index (χ1) is 9.28. The Bertz CT molecular complexity index is 282. The molecule has 2 rings (SSSR count). The third kappa shape index (κ3) is 6.28. The van der Waals surface area contributed by atoms with E-state index in [4.69, 9.17) is 24.1 Å². The number of rotatable bonds is 2. The maximum Gasteiger partial charge on any atom is 0.162 e. The summed E-state index contributed by atoms with van der Waals surface area (Å²) in [5.41, 5.74) is 0. The smallest absolute Gasteiger partial charge is 0.162 e. The van der Waals surface area contributed by atoms with Crippen LogP contribution in [0, 0.1) is 11.8 Å². The fraction of sp³-hybridized carbons (Fsp3) is 0.929. The van der Waals surface area contributed by atoms with Crippen molar-refractivity contribution in [2.45, 2.75) is 39.3 Å². The highest BCUT2D eigenvalue weighted by Crippen LogP contribution is 2.20. The second-order valence-electron chi connectivity index (χ2n) is 5.99. The second kappa shape index (κ2) is 7.47. The highest BCUT2D eigenvalue weighted by Gasteiger charge is 2.28. The fourth-order valence-corrected chi connectivity index (χ4v) is 1.62. The van der Waals surface area contributed by atoms with Crippen LogP contribution in [-0.2, 0) is 23.7 Å². The van der Waals surface area contributed by atoms with Crippen LogP contribution in [-0.4, -0.2) is 56.0 Å². The summed E-state index contributed by atoms with van der Waals surface area (Å²) in [7, 11) is 0. The quantitative estimate of drug-likeness (QED) is 0.764. The van der Waals surface area contributed by atoms with Gasteiger partial charge in [0.1, 0.15) is 6.29 Å². The Labute approximate surface area is 120 Å². The van der Waals surface area contributed by atoms with Gasteiger partial charge in [-0.05, 0) is 27.7 Å². The van der Waals surface area contributed by atoms with E-state index in [1.807, 2.05) is 27.7 Å². The van der Waals surface area contributed by atoms with Crippen LogP contribution in [0.25, 0.3) is 0 Å². The molecule has 6 heteroatoms. The molecule has 0 unspecified atom stereocenters. The van der Waals surface area contributed by atoms with E-state index in [9.17, 15) is 4.79 Å². The fourth-order valence-electron chi connectivity index (χ4n) is 1.62.